The number of aliphatic hydroxyl groups is 1. The molecular weight excluding hydrogens is 1050 g/mol. The number of carbonyl (C=O) groups is 2. The molecule has 0 saturated carbocycles. The predicted molar refractivity (Wildman–Crippen MR) is 379 cm³/mol. The Kier molecular flexibility index (Phi) is 69.5. The molecule has 0 bridgehead atoms. The van der Waals surface area contributed by atoms with E-state index in [1.54, 1.807) is 0 Å². The number of rotatable bonds is 62. The molecule has 5 heteroatoms. The minimum atomic E-state index is -0.794. The van der Waals surface area contributed by atoms with E-state index in [2.05, 4.69) is 208 Å². The van der Waals surface area contributed by atoms with Crippen LogP contribution in [0.15, 0.2) is 194 Å². The van der Waals surface area contributed by atoms with Gasteiger partial charge in [-0.1, -0.05) is 324 Å². The largest absolute Gasteiger partial charge is 0.462 e. The zero-order valence-corrected chi connectivity index (χ0v) is 55.2. The molecule has 1 unspecified atom stereocenters. The summed E-state index contributed by atoms with van der Waals surface area (Å²) in [6.45, 7) is 3.90. The van der Waals surface area contributed by atoms with Crippen LogP contribution in [0.3, 0.4) is 0 Å². The summed E-state index contributed by atoms with van der Waals surface area (Å²) in [6, 6.07) is 0. The highest BCUT2D eigenvalue weighted by Crippen LogP contribution is 2.16. The van der Waals surface area contributed by atoms with E-state index in [1.807, 2.05) is 0 Å². The Bertz CT molecular complexity index is 1970. The number of hydrogen-bond acceptors (Lipinski definition) is 5. The monoisotopic (exact) mass is 1180 g/mol. The van der Waals surface area contributed by atoms with Crippen LogP contribution in [0.2, 0.25) is 0 Å². The summed E-state index contributed by atoms with van der Waals surface area (Å²) in [5.41, 5.74) is 0. The van der Waals surface area contributed by atoms with Gasteiger partial charge < -0.3 is 14.6 Å². The van der Waals surface area contributed by atoms with E-state index in [0.29, 0.717) is 12.8 Å². The molecule has 0 aromatic heterocycles. The van der Waals surface area contributed by atoms with Gasteiger partial charge in [-0.05, 0) is 141 Å². The standard InChI is InChI=1S/C81H128O5/c1-3-5-7-9-11-13-15-17-19-21-23-25-27-29-31-33-35-37-39-40-42-43-45-47-49-51-53-55-57-59-61-63-65-67-69-71-73-75-80(83)85-78-79(77-82)86-81(84)76-74-72-70-68-66-64-62-60-58-56-54-52-50-48-46-44-41-38-36-34-32-30-28-26-24-22-20-18-16-14-12-10-8-6-4-2/h5-8,11-14,17-20,23-26,29-32,35-38,40,42,44,46,50,52,56,58,79,82H,3-4,9-10,15-16,21-22,27-28,33-34,39,41,43,45,47-49,51,53-55,57,59-78H2,1-2H3/b7-5-,8-6-,13-11-,14-12-,19-17-,20-18-,25-23-,26-24-,31-29-,32-30-,37-35-,38-36-,42-40-,46-44-,52-50-,58-56-. The molecule has 1 N–H and O–H groups in total. The third kappa shape index (κ3) is 71.2. The molecule has 0 aliphatic heterocycles. The molecule has 0 radical (unpaired) electrons. The zero-order chi connectivity index (χ0) is 61.9. The molecule has 0 amide bonds. The summed E-state index contributed by atoms with van der Waals surface area (Å²) >= 11 is 0. The molecule has 5 nitrogen and oxygen atoms in total. The molecule has 0 aromatic rings. The fourth-order valence-corrected chi connectivity index (χ4v) is 9.24. The fourth-order valence-electron chi connectivity index (χ4n) is 9.24. The third-order valence-electron chi connectivity index (χ3n) is 14.4. The van der Waals surface area contributed by atoms with Gasteiger partial charge in [0, 0.05) is 12.8 Å². The van der Waals surface area contributed by atoms with Crippen LogP contribution < -0.4 is 0 Å². The predicted octanol–water partition coefficient (Wildman–Crippen LogP) is 24.8. The molecule has 482 valence electrons. The summed E-state index contributed by atoms with van der Waals surface area (Å²) < 4.78 is 10.7. The quantitative estimate of drug-likeness (QED) is 0.0373. The second-order valence-corrected chi connectivity index (χ2v) is 22.5. The lowest BCUT2D eigenvalue weighted by atomic mass is 10.0. The van der Waals surface area contributed by atoms with Crippen molar-refractivity contribution in [2.45, 2.75) is 290 Å². The SMILES string of the molecule is CC/C=C\C/C=C\C/C=C\C/C=C\C/C=C\C/C=C\C/C=C\C/C=C\C/C=C\CCCCCCCCCC(=O)OC(CO)COC(=O)CCCCCCCCCCCCCCCCC/C=C\C/C=C\C/C=C\C/C=C\C/C=C\C/C=C\C/C=C\CC. The molecule has 0 spiro atoms. The second kappa shape index (κ2) is 74.0. The van der Waals surface area contributed by atoms with Crippen LogP contribution in [0.1, 0.15) is 284 Å². The van der Waals surface area contributed by atoms with Crippen molar-refractivity contribution in [1.82, 2.24) is 0 Å². The van der Waals surface area contributed by atoms with E-state index in [9.17, 15) is 14.7 Å². The molecule has 0 aromatic carbocycles. The second-order valence-electron chi connectivity index (χ2n) is 22.5. The van der Waals surface area contributed by atoms with E-state index in [1.165, 1.54) is 109 Å². The third-order valence-corrected chi connectivity index (χ3v) is 14.4. The van der Waals surface area contributed by atoms with Crippen molar-refractivity contribution in [2.24, 2.45) is 0 Å². The number of allylic oxidation sites excluding steroid dienone is 32. The molecule has 86 heavy (non-hydrogen) atoms. The highest BCUT2D eigenvalue weighted by atomic mass is 16.6. The number of ether oxygens (including phenoxy) is 2. The molecule has 1 atom stereocenters. The molecule has 0 rings (SSSR count). The van der Waals surface area contributed by atoms with E-state index in [0.717, 1.165) is 148 Å². The average Bonchev–Trinajstić information content (AvgIpc) is 3.55. The van der Waals surface area contributed by atoms with Gasteiger partial charge in [0.15, 0.2) is 6.10 Å². The molecule has 0 fully saturated rings. The van der Waals surface area contributed by atoms with Crippen molar-refractivity contribution < 1.29 is 24.2 Å². The van der Waals surface area contributed by atoms with Crippen molar-refractivity contribution in [3.63, 3.8) is 0 Å². The molecule has 0 heterocycles. The van der Waals surface area contributed by atoms with E-state index >= 15 is 0 Å². The maximum absolute atomic E-state index is 12.4. The summed E-state index contributed by atoms with van der Waals surface area (Å²) in [5.74, 6) is -0.610. The van der Waals surface area contributed by atoms with Gasteiger partial charge in [0.1, 0.15) is 6.61 Å². The Morgan fingerprint density at radius 2 is 0.465 bits per heavy atom. The van der Waals surface area contributed by atoms with Gasteiger partial charge in [0.25, 0.3) is 0 Å². The van der Waals surface area contributed by atoms with Crippen LogP contribution >= 0.6 is 0 Å². The highest BCUT2D eigenvalue weighted by Gasteiger charge is 2.16. The number of esters is 2. The number of unbranched alkanes of at least 4 members (excludes halogenated alkanes) is 22. The Morgan fingerprint density at radius 1 is 0.267 bits per heavy atom. The van der Waals surface area contributed by atoms with Crippen LogP contribution in [-0.4, -0.2) is 36.4 Å². The zero-order valence-electron chi connectivity index (χ0n) is 55.2. The van der Waals surface area contributed by atoms with E-state index < -0.39 is 6.10 Å². The molecule has 0 aliphatic carbocycles. The van der Waals surface area contributed by atoms with Crippen molar-refractivity contribution in [2.75, 3.05) is 13.2 Å². The summed E-state index contributed by atoms with van der Waals surface area (Å²) in [7, 11) is 0. The van der Waals surface area contributed by atoms with Gasteiger partial charge >= 0.3 is 11.9 Å². The van der Waals surface area contributed by atoms with Crippen molar-refractivity contribution in [1.29, 1.82) is 0 Å². The van der Waals surface area contributed by atoms with Crippen LogP contribution in [0.25, 0.3) is 0 Å². The first-order chi connectivity index (χ1) is 42.6. The van der Waals surface area contributed by atoms with Gasteiger partial charge in [-0.15, -0.1) is 0 Å². The minimum Gasteiger partial charge on any atom is -0.462 e. The first-order valence-corrected chi connectivity index (χ1v) is 35.0. The maximum Gasteiger partial charge on any atom is 0.306 e. The van der Waals surface area contributed by atoms with Gasteiger partial charge in [-0.2, -0.15) is 0 Å². The molecule has 0 aliphatic rings. The Balaban J connectivity index is 3.57. The van der Waals surface area contributed by atoms with E-state index in [-0.39, 0.29) is 25.2 Å². The first-order valence-electron chi connectivity index (χ1n) is 35.0. The molecule has 0 saturated heterocycles. The van der Waals surface area contributed by atoms with Crippen LogP contribution in [0.4, 0.5) is 0 Å². The highest BCUT2D eigenvalue weighted by molar-refractivity contribution is 5.70. The van der Waals surface area contributed by atoms with Crippen LogP contribution in [0.5, 0.6) is 0 Å². The summed E-state index contributed by atoms with van der Waals surface area (Å²) in [4.78, 5) is 24.7. The van der Waals surface area contributed by atoms with Gasteiger partial charge in [0.05, 0.1) is 6.61 Å². The maximum atomic E-state index is 12.4. The topological polar surface area (TPSA) is 72.8 Å². The van der Waals surface area contributed by atoms with Gasteiger partial charge in [-0.3, -0.25) is 9.59 Å². The van der Waals surface area contributed by atoms with Crippen molar-refractivity contribution in [3.8, 4) is 0 Å². The Labute approximate surface area is 530 Å². The minimum absolute atomic E-state index is 0.0808. The number of aliphatic hydroxyl groups excluding tert-OH is 1. The fraction of sp³-hybridized carbons (Fsp3) is 0.580. The number of hydrogen-bond donors (Lipinski definition) is 1. The van der Waals surface area contributed by atoms with Gasteiger partial charge in [-0.25, -0.2) is 0 Å². The molecular formula is C81H128O5. The lowest BCUT2D eigenvalue weighted by Crippen LogP contribution is -2.28. The first kappa shape index (κ1) is 80.7. The summed E-state index contributed by atoms with van der Waals surface area (Å²) in [5, 5.41) is 9.71. The van der Waals surface area contributed by atoms with Crippen LogP contribution in [-0.2, 0) is 19.1 Å². The normalized spacial score (nSPS) is 13.5. The smallest absolute Gasteiger partial charge is 0.306 e. The Morgan fingerprint density at radius 3 is 0.698 bits per heavy atom. The van der Waals surface area contributed by atoms with Crippen LogP contribution in [0, 0.1) is 0 Å². The van der Waals surface area contributed by atoms with Gasteiger partial charge in [0.2, 0.25) is 0 Å². The lowest BCUT2D eigenvalue weighted by Gasteiger charge is -2.15. The average molecular weight is 1180 g/mol. The Hall–Kier alpha value is -5.26. The van der Waals surface area contributed by atoms with Crippen molar-refractivity contribution >= 4 is 11.9 Å². The summed E-state index contributed by atoms with van der Waals surface area (Å²) in [6.07, 6.45) is 117. The van der Waals surface area contributed by atoms with Crippen molar-refractivity contribution in [3.05, 3.63) is 194 Å². The lowest BCUT2D eigenvalue weighted by molar-refractivity contribution is -0.161. The van der Waals surface area contributed by atoms with E-state index in [4.69, 9.17) is 9.47 Å². The number of carbonyl (C=O) groups excluding carboxylic acids is 2.